The second-order valence-corrected chi connectivity index (χ2v) is 7.13. The van der Waals surface area contributed by atoms with Crippen LogP contribution in [0.1, 0.15) is 18.4 Å². The Kier molecular flexibility index (Phi) is 7.73. The smallest absolute Gasteiger partial charge is 0.260 e. The quantitative estimate of drug-likeness (QED) is 0.703. The second kappa shape index (κ2) is 10.7. The molecule has 1 saturated heterocycles. The molecule has 150 valence electrons. The number of nitrogens with zero attached hydrogens (tertiary/aromatic N) is 2. The summed E-state index contributed by atoms with van der Waals surface area (Å²) in [6.07, 6.45) is 3.27. The largest absolute Gasteiger partial charge is 0.497 e. The first kappa shape index (κ1) is 20.2. The van der Waals surface area contributed by atoms with Crippen molar-refractivity contribution in [2.75, 3.05) is 46.4 Å². The van der Waals surface area contributed by atoms with Gasteiger partial charge < -0.3 is 19.3 Å². The number of methoxy groups -OCH3 is 1. The minimum absolute atomic E-state index is 0.0574. The molecule has 0 spiro atoms. The lowest BCUT2D eigenvalue weighted by Gasteiger charge is -2.22. The van der Waals surface area contributed by atoms with Crippen molar-refractivity contribution >= 4 is 5.91 Å². The van der Waals surface area contributed by atoms with E-state index < -0.39 is 0 Å². The van der Waals surface area contributed by atoms with Crippen molar-refractivity contribution < 1.29 is 14.3 Å². The summed E-state index contributed by atoms with van der Waals surface area (Å²) in [7, 11) is 1.63. The Bertz CT molecular complexity index is 718. The van der Waals surface area contributed by atoms with E-state index in [9.17, 15) is 4.79 Å². The lowest BCUT2D eigenvalue weighted by molar-refractivity contribution is -0.133. The number of carbonyl (C=O) groups is 1. The zero-order valence-corrected chi connectivity index (χ0v) is 16.7. The Morgan fingerprint density at radius 2 is 1.68 bits per heavy atom. The van der Waals surface area contributed by atoms with E-state index >= 15 is 0 Å². The van der Waals surface area contributed by atoms with Gasteiger partial charge in [0.05, 0.1) is 7.11 Å². The summed E-state index contributed by atoms with van der Waals surface area (Å²) in [4.78, 5) is 16.9. The molecule has 1 amide bonds. The predicted molar refractivity (Wildman–Crippen MR) is 111 cm³/mol. The standard InChI is InChI=1S/C23H30N2O3/c1-27-21-10-12-22(13-11-21)28-19-23(26)25-16-6-15-24(17-18-25)14-5-9-20-7-3-2-4-8-20/h2-4,7-8,10-13H,5-6,9,14-19H2,1H3. The Hall–Kier alpha value is -2.53. The fraction of sp³-hybridized carbons (Fsp3) is 0.435. The van der Waals surface area contributed by atoms with Gasteiger partial charge in [0.2, 0.25) is 0 Å². The topological polar surface area (TPSA) is 42.0 Å². The van der Waals surface area contributed by atoms with Gasteiger partial charge in [0, 0.05) is 19.6 Å². The first-order valence-corrected chi connectivity index (χ1v) is 10.1. The van der Waals surface area contributed by atoms with Gasteiger partial charge in [-0.2, -0.15) is 0 Å². The van der Waals surface area contributed by atoms with Gasteiger partial charge in [-0.05, 0) is 62.2 Å². The van der Waals surface area contributed by atoms with Gasteiger partial charge in [-0.3, -0.25) is 4.79 Å². The minimum Gasteiger partial charge on any atom is -0.497 e. The normalized spacial score (nSPS) is 15.1. The van der Waals surface area contributed by atoms with Crippen LogP contribution < -0.4 is 9.47 Å². The Labute approximate surface area is 167 Å². The average molecular weight is 383 g/mol. The third-order valence-corrected chi connectivity index (χ3v) is 5.15. The monoisotopic (exact) mass is 382 g/mol. The van der Waals surface area contributed by atoms with Gasteiger partial charge in [0.25, 0.3) is 5.91 Å². The van der Waals surface area contributed by atoms with Crippen molar-refractivity contribution in [1.29, 1.82) is 0 Å². The predicted octanol–water partition coefficient (Wildman–Crippen LogP) is 3.24. The fourth-order valence-corrected chi connectivity index (χ4v) is 3.50. The van der Waals surface area contributed by atoms with Crippen LogP contribution in [0.3, 0.4) is 0 Å². The number of amides is 1. The minimum atomic E-state index is 0.0574. The first-order chi connectivity index (χ1) is 13.7. The highest BCUT2D eigenvalue weighted by molar-refractivity contribution is 5.77. The number of aryl methyl sites for hydroxylation is 1. The van der Waals surface area contributed by atoms with Gasteiger partial charge in [0.15, 0.2) is 6.61 Å². The first-order valence-electron chi connectivity index (χ1n) is 10.1. The van der Waals surface area contributed by atoms with E-state index in [4.69, 9.17) is 9.47 Å². The molecule has 2 aromatic rings. The Balaban J connectivity index is 1.38. The molecule has 0 radical (unpaired) electrons. The molecule has 5 nitrogen and oxygen atoms in total. The zero-order chi connectivity index (χ0) is 19.6. The van der Waals surface area contributed by atoms with Gasteiger partial charge in [0.1, 0.15) is 11.5 Å². The van der Waals surface area contributed by atoms with Gasteiger partial charge in [-0.1, -0.05) is 30.3 Å². The van der Waals surface area contributed by atoms with Crippen molar-refractivity contribution in [1.82, 2.24) is 9.80 Å². The highest BCUT2D eigenvalue weighted by atomic mass is 16.5. The number of ether oxygens (including phenoxy) is 2. The molecule has 1 aliphatic rings. The molecule has 0 N–H and O–H groups in total. The third-order valence-electron chi connectivity index (χ3n) is 5.15. The van der Waals surface area contributed by atoms with Crippen LogP contribution in [-0.2, 0) is 11.2 Å². The van der Waals surface area contributed by atoms with Crippen molar-refractivity contribution in [3.8, 4) is 11.5 Å². The number of carbonyl (C=O) groups excluding carboxylic acids is 1. The van der Waals surface area contributed by atoms with Gasteiger partial charge in [-0.15, -0.1) is 0 Å². The summed E-state index contributed by atoms with van der Waals surface area (Å²) < 4.78 is 10.8. The fourth-order valence-electron chi connectivity index (χ4n) is 3.50. The van der Waals surface area contributed by atoms with Crippen LogP contribution >= 0.6 is 0 Å². The highest BCUT2D eigenvalue weighted by Gasteiger charge is 2.19. The Morgan fingerprint density at radius 3 is 2.43 bits per heavy atom. The van der Waals surface area contributed by atoms with Crippen LogP contribution in [0.15, 0.2) is 54.6 Å². The van der Waals surface area contributed by atoms with Crippen LogP contribution in [0.5, 0.6) is 11.5 Å². The molecule has 28 heavy (non-hydrogen) atoms. The van der Waals surface area contributed by atoms with E-state index in [-0.39, 0.29) is 12.5 Å². The van der Waals surface area contributed by atoms with E-state index in [0.717, 1.165) is 57.7 Å². The molecule has 1 heterocycles. The lowest BCUT2D eigenvalue weighted by atomic mass is 10.1. The SMILES string of the molecule is COc1ccc(OCC(=O)N2CCCN(CCCc3ccccc3)CC2)cc1. The molecular weight excluding hydrogens is 352 g/mol. The van der Waals surface area contributed by atoms with Crippen molar-refractivity contribution in [2.24, 2.45) is 0 Å². The van der Waals surface area contributed by atoms with Crippen molar-refractivity contribution in [3.63, 3.8) is 0 Å². The van der Waals surface area contributed by atoms with Crippen LogP contribution in [0, 0.1) is 0 Å². The molecule has 0 saturated carbocycles. The van der Waals surface area contributed by atoms with Crippen LogP contribution in [0.4, 0.5) is 0 Å². The molecule has 5 heteroatoms. The van der Waals surface area contributed by atoms with Crippen LogP contribution in [-0.4, -0.2) is 62.1 Å². The van der Waals surface area contributed by atoms with E-state index in [1.165, 1.54) is 5.56 Å². The summed E-state index contributed by atoms with van der Waals surface area (Å²) in [5, 5.41) is 0. The number of hydrogen-bond acceptors (Lipinski definition) is 4. The summed E-state index contributed by atoms with van der Waals surface area (Å²) >= 11 is 0. The van der Waals surface area contributed by atoms with Crippen LogP contribution in [0.25, 0.3) is 0 Å². The lowest BCUT2D eigenvalue weighted by Crippen LogP contribution is -2.38. The van der Waals surface area contributed by atoms with Crippen molar-refractivity contribution in [3.05, 3.63) is 60.2 Å². The number of rotatable bonds is 8. The highest BCUT2D eigenvalue weighted by Crippen LogP contribution is 2.17. The molecular formula is C23H30N2O3. The maximum atomic E-state index is 12.5. The van der Waals surface area contributed by atoms with E-state index in [1.807, 2.05) is 29.2 Å². The molecule has 0 bridgehead atoms. The summed E-state index contributed by atoms with van der Waals surface area (Å²) in [6.45, 7) is 4.73. The van der Waals surface area contributed by atoms with Gasteiger partial charge in [-0.25, -0.2) is 0 Å². The molecule has 1 aliphatic heterocycles. The number of hydrogen-bond donors (Lipinski definition) is 0. The van der Waals surface area contributed by atoms with Crippen LogP contribution in [0.2, 0.25) is 0 Å². The molecule has 1 fully saturated rings. The summed E-state index contributed by atoms with van der Waals surface area (Å²) in [5.41, 5.74) is 1.39. The molecule has 0 unspecified atom stereocenters. The molecule has 0 atom stereocenters. The Morgan fingerprint density at radius 1 is 0.929 bits per heavy atom. The third kappa shape index (κ3) is 6.27. The molecule has 2 aromatic carbocycles. The second-order valence-electron chi connectivity index (χ2n) is 7.13. The van der Waals surface area contributed by atoms with Gasteiger partial charge >= 0.3 is 0 Å². The maximum absolute atomic E-state index is 12.5. The summed E-state index contributed by atoms with van der Waals surface area (Å²) in [5.74, 6) is 1.52. The molecule has 0 aromatic heterocycles. The molecule has 3 rings (SSSR count). The average Bonchev–Trinajstić information content (AvgIpc) is 2.99. The maximum Gasteiger partial charge on any atom is 0.260 e. The van der Waals surface area contributed by atoms with E-state index in [0.29, 0.717) is 5.75 Å². The van der Waals surface area contributed by atoms with Crippen molar-refractivity contribution in [2.45, 2.75) is 19.3 Å². The molecule has 0 aliphatic carbocycles. The summed E-state index contributed by atoms with van der Waals surface area (Å²) in [6, 6.07) is 17.9. The van der Waals surface area contributed by atoms with E-state index in [2.05, 4.69) is 35.2 Å². The van der Waals surface area contributed by atoms with E-state index in [1.54, 1.807) is 7.11 Å². The number of benzene rings is 2. The zero-order valence-electron chi connectivity index (χ0n) is 16.7.